The maximum atomic E-state index is 10.0. The summed E-state index contributed by atoms with van der Waals surface area (Å²) in [6.45, 7) is 13.8. The third-order valence-corrected chi connectivity index (χ3v) is 3.44. The van der Waals surface area contributed by atoms with E-state index >= 15 is 0 Å². The Bertz CT molecular complexity index is 756. The van der Waals surface area contributed by atoms with Crippen molar-refractivity contribution in [3.05, 3.63) is 60.7 Å². The first-order valence-corrected chi connectivity index (χ1v) is 8.99. The molecule has 3 nitrogen and oxygen atoms in total. The van der Waals surface area contributed by atoms with Gasteiger partial charge in [-0.15, -0.1) is 0 Å². The molecule has 0 fully saturated rings. The predicted octanol–water partition coefficient (Wildman–Crippen LogP) is 6.76. The minimum Gasteiger partial charge on any atom is -0.508 e. The summed E-state index contributed by atoms with van der Waals surface area (Å²) in [5.41, 5.74) is 1.82. The highest BCUT2D eigenvalue weighted by molar-refractivity contribution is 5.99. The van der Waals surface area contributed by atoms with Gasteiger partial charge in [-0.1, -0.05) is 58.6 Å². The zero-order valence-corrected chi connectivity index (χ0v) is 17.1. The molecular formula is C23H32O3. The molecule has 2 aromatic carbocycles. The Labute approximate surface area is 158 Å². The van der Waals surface area contributed by atoms with Crippen LogP contribution in [0.15, 0.2) is 55.1 Å². The zero-order valence-electron chi connectivity index (χ0n) is 17.1. The van der Waals surface area contributed by atoms with Crippen LogP contribution in [0.25, 0.3) is 16.3 Å². The number of ether oxygens (including phenoxy) is 2. The van der Waals surface area contributed by atoms with Gasteiger partial charge in [-0.05, 0) is 53.1 Å². The molecule has 0 aliphatic heterocycles. The standard InChI is InChI=1S/C19H20O3.2C2H6/c1-5-7-8-13(6-2)16-11-15(20)9-14-10-18(21-3)19(22-4)12-17(14)16;2*1-2/h5-12,20H,2H2,1,3-4H3;2*1-2H3/b7-5-,13-8+;;. The molecule has 0 aromatic heterocycles. The maximum Gasteiger partial charge on any atom is 0.161 e. The average molecular weight is 357 g/mol. The number of allylic oxidation sites excluding steroid dienone is 5. The highest BCUT2D eigenvalue weighted by Crippen LogP contribution is 2.37. The summed E-state index contributed by atoms with van der Waals surface area (Å²) < 4.78 is 10.7. The van der Waals surface area contributed by atoms with E-state index in [1.807, 2.05) is 65.0 Å². The van der Waals surface area contributed by atoms with E-state index in [1.165, 1.54) is 0 Å². The van der Waals surface area contributed by atoms with Gasteiger partial charge in [0.15, 0.2) is 11.5 Å². The summed E-state index contributed by atoms with van der Waals surface area (Å²) in [6, 6.07) is 7.20. The Hall–Kier alpha value is -2.68. The molecule has 3 heteroatoms. The van der Waals surface area contributed by atoms with Gasteiger partial charge in [0.25, 0.3) is 0 Å². The minimum absolute atomic E-state index is 0.197. The highest BCUT2D eigenvalue weighted by Gasteiger charge is 2.12. The molecule has 2 aromatic rings. The van der Waals surface area contributed by atoms with Gasteiger partial charge in [-0.2, -0.15) is 0 Å². The number of hydrogen-bond acceptors (Lipinski definition) is 3. The van der Waals surface area contributed by atoms with Crippen LogP contribution in [0, 0.1) is 0 Å². The molecule has 0 bridgehead atoms. The van der Waals surface area contributed by atoms with Gasteiger partial charge in [0, 0.05) is 0 Å². The molecule has 0 saturated carbocycles. The summed E-state index contributed by atoms with van der Waals surface area (Å²) >= 11 is 0. The lowest BCUT2D eigenvalue weighted by Gasteiger charge is -2.13. The van der Waals surface area contributed by atoms with Crippen molar-refractivity contribution < 1.29 is 14.6 Å². The van der Waals surface area contributed by atoms with Crippen LogP contribution in [0.2, 0.25) is 0 Å². The van der Waals surface area contributed by atoms with E-state index in [4.69, 9.17) is 9.47 Å². The fraction of sp³-hybridized carbons (Fsp3) is 0.304. The highest BCUT2D eigenvalue weighted by atomic mass is 16.5. The monoisotopic (exact) mass is 356 g/mol. The number of methoxy groups -OCH3 is 2. The van der Waals surface area contributed by atoms with Crippen LogP contribution in [0.1, 0.15) is 40.2 Å². The van der Waals surface area contributed by atoms with Crippen LogP contribution in [-0.2, 0) is 0 Å². The molecular weight excluding hydrogens is 324 g/mol. The minimum atomic E-state index is 0.197. The van der Waals surface area contributed by atoms with Crippen molar-refractivity contribution in [1.29, 1.82) is 0 Å². The number of rotatable bonds is 5. The van der Waals surface area contributed by atoms with Gasteiger partial charge in [0.2, 0.25) is 0 Å². The van der Waals surface area contributed by atoms with E-state index < -0.39 is 0 Å². The van der Waals surface area contributed by atoms with Crippen molar-refractivity contribution in [2.45, 2.75) is 34.6 Å². The summed E-state index contributed by atoms with van der Waals surface area (Å²) in [6.07, 6.45) is 7.61. The third-order valence-electron chi connectivity index (χ3n) is 3.44. The van der Waals surface area contributed by atoms with Gasteiger partial charge in [0.1, 0.15) is 5.75 Å². The predicted molar refractivity (Wildman–Crippen MR) is 114 cm³/mol. The van der Waals surface area contributed by atoms with Crippen LogP contribution < -0.4 is 9.47 Å². The average Bonchev–Trinajstić information content (AvgIpc) is 2.70. The second kappa shape index (κ2) is 12.6. The number of phenolic OH excluding ortho intramolecular Hbond substituents is 1. The van der Waals surface area contributed by atoms with Crippen molar-refractivity contribution in [1.82, 2.24) is 0 Å². The smallest absolute Gasteiger partial charge is 0.161 e. The van der Waals surface area contributed by atoms with Crippen LogP contribution >= 0.6 is 0 Å². The largest absolute Gasteiger partial charge is 0.508 e. The Morgan fingerprint density at radius 3 is 2.04 bits per heavy atom. The van der Waals surface area contributed by atoms with Gasteiger partial charge in [0.05, 0.1) is 14.2 Å². The first-order valence-electron chi connectivity index (χ1n) is 8.99. The molecule has 0 saturated heterocycles. The fourth-order valence-corrected chi connectivity index (χ4v) is 2.38. The number of phenols is 1. The molecule has 26 heavy (non-hydrogen) atoms. The summed E-state index contributed by atoms with van der Waals surface area (Å²) in [5, 5.41) is 11.9. The van der Waals surface area contributed by atoms with E-state index in [2.05, 4.69) is 6.58 Å². The Morgan fingerprint density at radius 1 is 0.962 bits per heavy atom. The lowest BCUT2D eigenvalue weighted by molar-refractivity contribution is 0.356. The van der Waals surface area contributed by atoms with E-state index in [0.29, 0.717) is 11.5 Å². The van der Waals surface area contributed by atoms with Crippen molar-refractivity contribution in [2.75, 3.05) is 14.2 Å². The van der Waals surface area contributed by atoms with Gasteiger partial charge in [-0.3, -0.25) is 0 Å². The molecule has 0 aliphatic rings. The van der Waals surface area contributed by atoms with E-state index in [0.717, 1.165) is 21.9 Å². The summed E-state index contributed by atoms with van der Waals surface area (Å²) in [7, 11) is 3.20. The number of aromatic hydroxyl groups is 1. The van der Waals surface area contributed by atoms with Crippen LogP contribution in [0.5, 0.6) is 17.2 Å². The molecule has 0 spiro atoms. The number of hydrogen-bond donors (Lipinski definition) is 1. The van der Waals surface area contributed by atoms with Gasteiger partial charge < -0.3 is 14.6 Å². The molecule has 0 aliphatic carbocycles. The lowest BCUT2D eigenvalue weighted by Crippen LogP contribution is -1.92. The zero-order chi connectivity index (χ0) is 20.1. The molecule has 0 amide bonds. The van der Waals surface area contributed by atoms with Gasteiger partial charge in [-0.25, -0.2) is 0 Å². The van der Waals surface area contributed by atoms with Crippen LogP contribution in [-0.4, -0.2) is 19.3 Å². The van der Waals surface area contributed by atoms with Crippen molar-refractivity contribution in [3.63, 3.8) is 0 Å². The fourth-order valence-electron chi connectivity index (χ4n) is 2.38. The Kier molecular flexibility index (Phi) is 11.3. The molecule has 0 unspecified atom stereocenters. The Morgan fingerprint density at radius 2 is 1.54 bits per heavy atom. The first kappa shape index (κ1) is 23.3. The lowest BCUT2D eigenvalue weighted by atomic mass is 9.96. The summed E-state index contributed by atoms with van der Waals surface area (Å²) in [5.74, 6) is 1.48. The van der Waals surface area contributed by atoms with Crippen molar-refractivity contribution >= 4 is 16.3 Å². The molecule has 0 heterocycles. The Balaban J connectivity index is 0.00000146. The molecule has 0 atom stereocenters. The maximum absolute atomic E-state index is 10.0. The van der Waals surface area contributed by atoms with Crippen LogP contribution in [0.3, 0.4) is 0 Å². The first-order chi connectivity index (χ1) is 12.6. The molecule has 142 valence electrons. The molecule has 2 rings (SSSR count). The SMILES string of the molecule is C=C/C(=C\C=C/C)c1cc(O)cc2cc(OC)c(OC)cc12.CC.CC. The summed E-state index contributed by atoms with van der Waals surface area (Å²) in [4.78, 5) is 0. The van der Waals surface area contributed by atoms with Gasteiger partial charge >= 0.3 is 0 Å². The third kappa shape index (κ3) is 5.69. The normalized spacial score (nSPS) is 10.5. The quantitative estimate of drug-likeness (QED) is 0.601. The topological polar surface area (TPSA) is 38.7 Å². The van der Waals surface area contributed by atoms with E-state index in [-0.39, 0.29) is 5.75 Å². The number of benzene rings is 2. The second-order valence-electron chi connectivity index (χ2n) is 4.77. The van der Waals surface area contributed by atoms with Crippen molar-refractivity contribution in [3.8, 4) is 17.2 Å². The second-order valence-corrected chi connectivity index (χ2v) is 4.77. The molecule has 1 N–H and O–H groups in total. The molecule has 0 radical (unpaired) electrons. The van der Waals surface area contributed by atoms with Crippen molar-refractivity contribution in [2.24, 2.45) is 0 Å². The number of fused-ring (bicyclic) bond motifs is 1. The van der Waals surface area contributed by atoms with E-state index in [1.54, 1.807) is 32.4 Å². The van der Waals surface area contributed by atoms with E-state index in [9.17, 15) is 5.11 Å². The van der Waals surface area contributed by atoms with Crippen LogP contribution in [0.4, 0.5) is 0 Å².